The van der Waals surface area contributed by atoms with Crippen LogP contribution in [0.2, 0.25) is 5.02 Å². The number of carbonyl (C=O) groups is 1. The predicted molar refractivity (Wildman–Crippen MR) is 111 cm³/mol. The fourth-order valence-electron chi connectivity index (χ4n) is 2.19. The van der Waals surface area contributed by atoms with Crippen molar-refractivity contribution in [1.82, 2.24) is 15.5 Å². The zero-order valence-corrected chi connectivity index (χ0v) is 17.2. The van der Waals surface area contributed by atoms with Crippen LogP contribution in [0.5, 0.6) is 0 Å². The van der Waals surface area contributed by atoms with Gasteiger partial charge in [0.2, 0.25) is 0 Å². The molecule has 0 saturated heterocycles. The first-order chi connectivity index (χ1) is 11.6. The molecule has 0 atom stereocenters. The molecule has 136 valence electrons. The Hall–Kier alpha value is -1.74. The molecule has 6 nitrogen and oxygen atoms in total. The van der Waals surface area contributed by atoms with Crippen LogP contribution in [0, 0.1) is 0 Å². The van der Waals surface area contributed by atoms with Gasteiger partial charge in [-0.05, 0) is 23.8 Å². The normalized spacial score (nSPS) is 10.8. The van der Waals surface area contributed by atoms with Gasteiger partial charge < -0.3 is 20.0 Å². The highest BCUT2D eigenvalue weighted by atomic mass is 127. The van der Waals surface area contributed by atoms with Crippen molar-refractivity contribution in [2.45, 2.75) is 6.54 Å². The minimum absolute atomic E-state index is 0. The Morgan fingerprint density at radius 1 is 1.20 bits per heavy atom. The molecule has 0 spiro atoms. The first kappa shape index (κ1) is 21.3. The third kappa shape index (κ3) is 6.58. The van der Waals surface area contributed by atoms with E-state index in [-0.39, 0.29) is 29.9 Å². The molecule has 0 aliphatic rings. The average molecular weight is 477 g/mol. The summed E-state index contributed by atoms with van der Waals surface area (Å²) >= 11 is 6.18. The summed E-state index contributed by atoms with van der Waals surface area (Å²) in [6.45, 7) is 1.64. The summed E-state index contributed by atoms with van der Waals surface area (Å²) in [6.07, 6.45) is 1.47. The molecular weight excluding hydrogens is 455 g/mol. The lowest BCUT2D eigenvalue weighted by Crippen LogP contribution is -2.42. The molecule has 0 aliphatic carbocycles. The van der Waals surface area contributed by atoms with E-state index < -0.39 is 0 Å². The molecule has 8 heteroatoms. The Balaban J connectivity index is 0.00000312. The Kier molecular flexibility index (Phi) is 9.36. The van der Waals surface area contributed by atoms with Crippen molar-refractivity contribution in [2.75, 3.05) is 27.2 Å². The molecule has 1 heterocycles. The van der Waals surface area contributed by atoms with E-state index in [1.807, 2.05) is 36.2 Å². The van der Waals surface area contributed by atoms with Crippen molar-refractivity contribution in [3.8, 4) is 0 Å². The summed E-state index contributed by atoms with van der Waals surface area (Å²) in [4.78, 5) is 17.9. The molecule has 0 fully saturated rings. The summed E-state index contributed by atoms with van der Waals surface area (Å²) in [5.74, 6) is 0.790. The third-order valence-corrected chi connectivity index (χ3v) is 3.75. The minimum atomic E-state index is -0.235. The second-order valence-electron chi connectivity index (χ2n) is 5.15. The second-order valence-corrected chi connectivity index (χ2v) is 5.56. The number of benzene rings is 1. The van der Waals surface area contributed by atoms with Gasteiger partial charge in [-0.1, -0.05) is 29.8 Å². The molecule has 0 saturated carbocycles. The summed E-state index contributed by atoms with van der Waals surface area (Å²) < 4.78 is 5.03. The Morgan fingerprint density at radius 2 is 1.92 bits per heavy atom. The number of halogens is 2. The van der Waals surface area contributed by atoms with Crippen LogP contribution in [-0.2, 0) is 6.54 Å². The van der Waals surface area contributed by atoms with E-state index >= 15 is 0 Å². The number of hydrogen-bond donors (Lipinski definition) is 2. The largest absolute Gasteiger partial charge is 0.459 e. The second kappa shape index (κ2) is 11.0. The van der Waals surface area contributed by atoms with Gasteiger partial charge in [-0.2, -0.15) is 0 Å². The molecule has 1 aromatic heterocycles. The molecular formula is C17H22ClIN4O2. The van der Waals surface area contributed by atoms with E-state index in [4.69, 9.17) is 16.0 Å². The molecule has 0 bridgehead atoms. The molecule has 2 aromatic rings. The van der Waals surface area contributed by atoms with Gasteiger partial charge in [0.05, 0.1) is 6.26 Å². The molecule has 0 unspecified atom stereocenters. The molecule has 2 rings (SSSR count). The lowest BCUT2D eigenvalue weighted by Gasteiger charge is -2.22. The van der Waals surface area contributed by atoms with E-state index in [0.717, 1.165) is 16.5 Å². The van der Waals surface area contributed by atoms with Gasteiger partial charge in [0, 0.05) is 38.8 Å². The van der Waals surface area contributed by atoms with Crippen LogP contribution in [0.15, 0.2) is 52.1 Å². The highest BCUT2D eigenvalue weighted by Crippen LogP contribution is 2.16. The van der Waals surface area contributed by atoms with Crippen LogP contribution in [0.4, 0.5) is 0 Å². The van der Waals surface area contributed by atoms with E-state index in [1.54, 1.807) is 19.2 Å². The number of aliphatic imine (C=N–C) groups is 1. The topological polar surface area (TPSA) is 69.9 Å². The maximum absolute atomic E-state index is 11.7. The van der Waals surface area contributed by atoms with Crippen LogP contribution in [0.3, 0.4) is 0 Å². The van der Waals surface area contributed by atoms with E-state index in [9.17, 15) is 4.79 Å². The quantitative estimate of drug-likeness (QED) is 0.291. The monoisotopic (exact) mass is 476 g/mol. The predicted octanol–water partition coefficient (Wildman–Crippen LogP) is 2.99. The lowest BCUT2D eigenvalue weighted by atomic mass is 10.2. The Morgan fingerprint density at radius 3 is 2.56 bits per heavy atom. The first-order valence-corrected chi connectivity index (χ1v) is 7.96. The molecule has 25 heavy (non-hydrogen) atoms. The highest BCUT2D eigenvalue weighted by Gasteiger charge is 2.10. The van der Waals surface area contributed by atoms with Gasteiger partial charge in [-0.3, -0.25) is 9.79 Å². The Labute approximate surface area is 169 Å². The van der Waals surface area contributed by atoms with Crippen molar-refractivity contribution >= 4 is 47.4 Å². The van der Waals surface area contributed by atoms with Gasteiger partial charge in [0.15, 0.2) is 11.7 Å². The van der Waals surface area contributed by atoms with Crippen molar-refractivity contribution in [3.05, 3.63) is 59.0 Å². The minimum Gasteiger partial charge on any atom is -0.459 e. The van der Waals surface area contributed by atoms with Crippen LogP contribution in [0.1, 0.15) is 16.1 Å². The maximum atomic E-state index is 11.7. The average Bonchev–Trinajstić information content (AvgIpc) is 3.11. The number of rotatable bonds is 6. The molecule has 2 N–H and O–H groups in total. The summed E-state index contributed by atoms with van der Waals surface area (Å²) in [6, 6.07) is 11.0. The first-order valence-electron chi connectivity index (χ1n) is 7.58. The van der Waals surface area contributed by atoms with Crippen LogP contribution in [-0.4, -0.2) is 44.0 Å². The number of furan rings is 1. The summed E-state index contributed by atoms with van der Waals surface area (Å²) in [5, 5.41) is 6.70. The third-order valence-electron chi connectivity index (χ3n) is 3.38. The molecule has 0 radical (unpaired) electrons. The van der Waals surface area contributed by atoms with Crippen LogP contribution in [0.25, 0.3) is 0 Å². The zero-order valence-electron chi connectivity index (χ0n) is 14.2. The number of nitrogens with one attached hydrogen (secondary N) is 2. The van der Waals surface area contributed by atoms with Crippen LogP contribution >= 0.6 is 35.6 Å². The van der Waals surface area contributed by atoms with E-state index in [0.29, 0.717) is 25.4 Å². The Bertz CT molecular complexity index is 692. The van der Waals surface area contributed by atoms with Gasteiger partial charge in [0.1, 0.15) is 0 Å². The molecule has 0 aliphatic heterocycles. The summed E-state index contributed by atoms with van der Waals surface area (Å²) in [7, 11) is 3.65. The smallest absolute Gasteiger partial charge is 0.287 e. The van der Waals surface area contributed by atoms with Crippen molar-refractivity contribution in [3.63, 3.8) is 0 Å². The van der Waals surface area contributed by atoms with E-state index in [1.165, 1.54) is 6.26 Å². The number of nitrogens with zero attached hydrogens (tertiary/aromatic N) is 2. The van der Waals surface area contributed by atoms with Gasteiger partial charge >= 0.3 is 0 Å². The molecule has 1 amide bonds. The van der Waals surface area contributed by atoms with Gasteiger partial charge in [-0.15, -0.1) is 24.0 Å². The lowest BCUT2D eigenvalue weighted by molar-refractivity contribution is 0.0926. The fourth-order valence-corrected chi connectivity index (χ4v) is 2.38. The standard InChI is InChI=1S/C17H21ClN4O2.HI/c1-19-17(22(2)12-13-6-3-4-7-14(13)18)21-10-9-20-16(23)15-8-5-11-24-15;/h3-8,11H,9-10,12H2,1-2H3,(H,19,21)(H,20,23);1H. The number of amides is 1. The zero-order chi connectivity index (χ0) is 17.4. The van der Waals surface area contributed by atoms with Crippen LogP contribution < -0.4 is 10.6 Å². The number of hydrogen-bond acceptors (Lipinski definition) is 3. The van der Waals surface area contributed by atoms with Gasteiger partial charge in [0.25, 0.3) is 5.91 Å². The summed E-state index contributed by atoms with van der Waals surface area (Å²) in [5.41, 5.74) is 1.02. The molecule has 1 aromatic carbocycles. The van der Waals surface area contributed by atoms with E-state index in [2.05, 4.69) is 15.6 Å². The number of guanidine groups is 1. The van der Waals surface area contributed by atoms with Crippen molar-refractivity contribution < 1.29 is 9.21 Å². The van der Waals surface area contributed by atoms with Gasteiger partial charge in [-0.25, -0.2) is 0 Å². The van der Waals surface area contributed by atoms with Crippen molar-refractivity contribution in [2.24, 2.45) is 4.99 Å². The SMILES string of the molecule is CN=C(NCCNC(=O)c1ccco1)N(C)Cc1ccccc1Cl.I. The fraction of sp³-hybridized carbons (Fsp3) is 0.294. The van der Waals surface area contributed by atoms with Crippen molar-refractivity contribution in [1.29, 1.82) is 0 Å². The maximum Gasteiger partial charge on any atom is 0.287 e. The number of carbonyl (C=O) groups excluding carboxylic acids is 1. The highest BCUT2D eigenvalue weighted by molar-refractivity contribution is 14.0.